The number of benzene rings is 1. The predicted octanol–water partition coefficient (Wildman–Crippen LogP) is 6.11. The van der Waals surface area contributed by atoms with Gasteiger partial charge in [0.15, 0.2) is 0 Å². The summed E-state index contributed by atoms with van der Waals surface area (Å²) in [5, 5.41) is 0. The lowest BCUT2D eigenvalue weighted by Gasteiger charge is -2.36. The average Bonchev–Trinajstić information content (AvgIpc) is 2.60. The van der Waals surface area contributed by atoms with Gasteiger partial charge in [-0.1, -0.05) is 59.3 Å². The van der Waals surface area contributed by atoms with Gasteiger partial charge in [0.25, 0.3) is 0 Å². The van der Waals surface area contributed by atoms with Crippen LogP contribution in [0.4, 0.5) is 4.79 Å². The highest BCUT2D eigenvalue weighted by molar-refractivity contribution is 9.10. The molecule has 1 amide bonds. The molecular weight excluding hydrogens is 418 g/mol. The van der Waals surface area contributed by atoms with E-state index in [4.69, 9.17) is 9.47 Å². The second kappa shape index (κ2) is 9.75. The molecule has 0 N–H and O–H groups in total. The number of halogens is 1. The van der Waals surface area contributed by atoms with Crippen molar-refractivity contribution < 1.29 is 14.3 Å². The maximum Gasteiger partial charge on any atom is 0.410 e. The van der Waals surface area contributed by atoms with Gasteiger partial charge < -0.3 is 14.4 Å². The fraction of sp³-hybridized carbons (Fsp3) is 0.522. The monoisotopic (exact) mass is 449 g/mol. The van der Waals surface area contributed by atoms with E-state index in [1.165, 1.54) is 0 Å². The minimum Gasteiger partial charge on any atom is -0.444 e. The SMILES string of the molecule is CN(CC[C@@H](OCc1cccc(Br)c1)C1(C)C=CC=CC1)C(=O)OC(C)(C)C. The van der Waals surface area contributed by atoms with Crippen LogP contribution in [0.1, 0.15) is 46.1 Å². The Balaban J connectivity index is 2.03. The molecule has 1 aliphatic carbocycles. The molecule has 1 unspecified atom stereocenters. The second-order valence-electron chi connectivity index (χ2n) is 8.62. The van der Waals surface area contributed by atoms with Crippen LogP contribution < -0.4 is 0 Å². The number of nitrogens with zero attached hydrogens (tertiary/aromatic N) is 1. The molecule has 0 saturated carbocycles. The summed E-state index contributed by atoms with van der Waals surface area (Å²) >= 11 is 3.51. The Bertz CT molecular complexity index is 723. The Kier molecular flexibility index (Phi) is 7.90. The molecule has 1 aliphatic rings. The van der Waals surface area contributed by atoms with E-state index in [0.29, 0.717) is 13.2 Å². The second-order valence-corrected chi connectivity index (χ2v) is 9.53. The van der Waals surface area contributed by atoms with E-state index in [0.717, 1.165) is 22.9 Å². The Labute approximate surface area is 177 Å². The van der Waals surface area contributed by atoms with Gasteiger partial charge in [-0.05, 0) is 51.3 Å². The zero-order chi connectivity index (χ0) is 20.8. The van der Waals surface area contributed by atoms with Gasteiger partial charge >= 0.3 is 6.09 Å². The molecule has 0 aromatic heterocycles. The van der Waals surface area contributed by atoms with Crippen LogP contribution in [-0.4, -0.2) is 36.3 Å². The molecule has 4 nitrogen and oxygen atoms in total. The van der Waals surface area contributed by atoms with E-state index in [1.54, 1.807) is 11.9 Å². The molecule has 0 spiro atoms. The van der Waals surface area contributed by atoms with E-state index in [1.807, 2.05) is 32.9 Å². The van der Waals surface area contributed by atoms with Crippen molar-refractivity contribution in [2.45, 2.75) is 58.8 Å². The summed E-state index contributed by atoms with van der Waals surface area (Å²) in [6.45, 7) is 8.96. The van der Waals surface area contributed by atoms with E-state index < -0.39 is 5.60 Å². The summed E-state index contributed by atoms with van der Waals surface area (Å²) in [6.07, 6.45) is 9.87. The van der Waals surface area contributed by atoms with E-state index >= 15 is 0 Å². The molecule has 0 saturated heterocycles. The van der Waals surface area contributed by atoms with Crippen molar-refractivity contribution in [2.75, 3.05) is 13.6 Å². The van der Waals surface area contributed by atoms with Gasteiger partial charge in [0.2, 0.25) is 0 Å². The quantitative estimate of drug-likeness (QED) is 0.503. The number of allylic oxidation sites excluding steroid dienone is 3. The minimum absolute atomic E-state index is 0.0161. The normalized spacial score (nSPS) is 20.1. The van der Waals surface area contributed by atoms with Crippen molar-refractivity contribution in [3.05, 3.63) is 58.6 Å². The Hall–Kier alpha value is -1.59. The van der Waals surface area contributed by atoms with Crippen LogP contribution in [0.25, 0.3) is 0 Å². The van der Waals surface area contributed by atoms with Crippen molar-refractivity contribution in [1.29, 1.82) is 0 Å². The molecule has 1 aromatic carbocycles. The molecule has 0 aliphatic heterocycles. The van der Waals surface area contributed by atoms with Crippen molar-refractivity contribution in [2.24, 2.45) is 5.41 Å². The number of carbonyl (C=O) groups excluding carboxylic acids is 1. The Morgan fingerprint density at radius 1 is 1.32 bits per heavy atom. The van der Waals surface area contributed by atoms with Gasteiger partial charge in [0, 0.05) is 23.5 Å². The number of hydrogen-bond acceptors (Lipinski definition) is 3. The Morgan fingerprint density at radius 2 is 2.07 bits per heavy atom. The molecule has 0 bridgehead atoms. The third kappa shape index (κ3) is 7.10. The molecule has 1 aromatic rings. The minimum atomic E-state index is -0.495. The molecule has 0 heterocycles. The fourth-order valence-corrected chi connectivity index (χ4v) is 3.60. The van der Waals surface area contributed by atoms with Gasteiger partial charge in [-0.3, -0.25) is 0 Å². The van der Waals surface area contributed by atoms with Crippen LogP contribution in [0.3, 0.4) is 0 Å². The molecule has 28 heavy (non-hydrogen) atoms. The summed E-state index contributed by atoms with van der Waals surface area (Å²) < 4.78 is 12.9. The van der Waals surface area contributed by atoms with Gasteiger partial charge in [-0.25, -0.2) is 4.79 Å². The lowest BCUT2D eigenvalue weighted by atomic mass is 9.77. The molecule has 154 valence electrons. The molecule has 0 radical (unpaired) electrons. The molecule has 5 heteroatoms. The maximum absolute atomic E-state index is 12.3. The lowest BCUT2D eigenvalue weighted by molar-refractivity contribution is -0.0331. The number of amides is 1. The van der Waals surface area contributed by atoms with Crippen molar-refractivity contribution in [3.8, 4) is 0 Å². The van der Waals surface area contributed by atoms with Crippen LogP contribution in [0.2, 0.25) is 0 Å². The predicted molar refractivity (Wildman–Crippen MR) is 117 cm³/mol. The average molecular weight is 450 g/mol. The summed E-state index contributed by atoms with van der Waals surface area (Å²) in [7, 11) is 1.78. The third-order valence-electron chi connectivity index (χ3n) is 4.79. The Morgan fingerprint density at radius 3 is 2.68 bits per heavy atom. The van der Waals surface area contributed by atoms with Gasteiger partial charge in [0.1, 0.15) is 5.60 Å². The van der Waals surface area contributed by atoms with Crippen molar-refractivity contribution >= 4 is 22.0 Å². The fourth-order valence-electron chi connectivity index (χ4n) is 3.15. The van der Waals surface area contributed by atoms with E-state index in [9.17, 15) is 4.79 Å². The third-order valence-corrected chi connectivity index (χ3v) is 5.28. The first-order chi connectivity index (χ1) is 13.1. The molecule has 0 fully saturated rings. The maximum atomic E-state index is 12.3. The highest BCUT2D eigenvalue weighted by atomic mass is 79.9. The van der Waals surface area contributed by atoms with Gasteiger partial charge in [-0.2, -0.15) is 0 Å². The standard InChI is InChI=1S/C23H32BrNO3/c1-22(2,3)28-21(26)25(5)15-12-20(23(4)13-7-6-8-14-23)27-17-18-10-9-11-19(24)16-18/h6-11,13,16,20H,12,14-15,17H2,1-5H3/t20-,23?/m1/s1. The van der Waals surface area contributed by atoms with E-state index in [-0.39, 0.29) is 17.6 Å². The largest absolute Gasteiger partial charge is 0.444 e. The van der Waals surface area contributed by atoms with E-state index in [2.05, 4.69) is 59.3 Å². The summed E-state index contributed by atoms with van der Waals surface area (Å²) in [5.41, 5.74) is 0.527. The lowest BCUT2D eigenvalue weighted by Crippen LogP contribution is -2.39. The topological polar surface area (TPSA) is 38.8 Å². The van der Waals surface area contributed by atoms with Crippen molar-refractivity contribution in [1.82, 2.24) is 4.90 Å². The molecule has 2 atom stereocenters. The summed E-state index contributed by atoms with van der Waals surface area (Å²) in [6, 6.07) is 8.15. The number of carbonyl (C=O) groups is 1. The zero-order valence-electron chi connectivity index (χ0n) is 17.6. The first kappa shape index (κ1) is 22.7. The highest BCUT2D eigenvalue weighted by Gasteiger charge is 2.33. The van der Waals surface area contributed by atoms with Crippen LogP contribution in [0.5, 0.6) is 0 Å². The zero-order valence-corrected chi connectivity index (χ0v) is 19.2. The number of hydrogen-bond donors (Lipinski definition) is 0. The summed E-state index contributed by atoms with van der Waals surface area (Å²) in [4.78, 5) is 13.9. The molecule has 2 rings (SSSR count). The first-order valence-corrected chi connectivity index (χ1v) is 10.5. The number of ether oxygens (including phenoxy) is 2. The smallest absolute Gasteiger partial charge is 0.410 e. The summed E-state index contributed by atoms with van der Waals surface area (Å²) in [5.74, 6) is 0. The highest BCUT2D eigenvalue weighted by Crippen LogP contribution is 2.35. The molecular formula is C23H32BrNO3. The first-order valence-electron chi connectivity index (χ1n) is 9.74. The van der Waals surface area contributed by atoms with Crippen LogP contribution in [0, 0.1) is 5.41 Å². The van der Waals surface area contributed by atoms with Crippen LogP contribution in [-0.2, 0) is 16.1 Å². The van der Waals surface area contributed by atoms with Crippen LogP contribution >= 0.6 is 15.9 Å². The van der Waals surface area contributed by atoms with Crippen molar-refractivity contribution in [3.63, 3.8) is 0 Å². The van der Waals surface area contributed by atoms with Gasteiger partial charge in [0.05, 0.1) is 12.7 Å². The number of rotatable bonds is 7. The van der Waals surface area contributed by atoms with Gasteiger partial charge in [-0.15, -0.1) is 0 Å². The van der Waals surface area contributed by atoms with Crippen LogP contribution in [0.15, 0.2) is 53.0 Å².